The Morgan fingerprint density at radius 3 is 2.52 bits per heavy atom. The van der Waals surface area contributed by atoms with Gasteiger partial charge in [-0.15, -0.1) is 0 Å². The van der Waals surface area contributed by atoms with E-state index in [4.69, 9.17) is 14.2 Å². The van der Waals surface area contributed by atoms with Gasteiger partial charge < -0.3 is 29.3 Å². The van der Waals surface area contributed by atoms with Crippen LogP contribution in [0.1, 0.15) is 5.56 Å². The third-order valence-electron chi connectivity index (χ3n) is 4.89. The lowest BCUT2D eigenvalue weighted by Crippen LogP contribution is -2.51. The van der Waals surface area contributed by atoms with Gasteiger partial charge in [0.1, 0.15) is 5.75 Å². The summed E-state index contributed by atoms with van der Waals surface area (Å²) in [5.41, 5.74) is 2.14. The van der Waals surface area contributed by atoms with Crippen LogP contribution < -0.4 is 24.4 Å². The van der Waals surface area contributed by atoms with E-state index in [0.29, 0.717) is 19.6 Å². The smallest absolute Gasteiger partial charge is 0.317 e. The molecule has 0 saturated carbocycles. The molecule has 4 rings (SSSR count). The van der Waals surface area contributed by atoms with Crippen molar-refractivity contribution in [2.45, 2.75) is 6.54 Å². The summed E-state index contributed by atoms with van der Waals surface area (Å²) in [6.45, 7) is 3.73. The molecule has 2 aliphatic heterocycles. The van der Waals surface area contributed by atoms with Gasteiger partial charge in [-0.25, -0.2) is 4.79 Å². The van der Waals surface area contributed by atoms with Crippen molar-refractivity contribution in [2.75, 3.05) is 45.0 Å². The summed E-state index contributed by atoms with van der Waals surface area (Å²) in [5, 5.41) is 2.99. The van der Waals surface area contributed by atoms with E-state index in [0.717, 1.165) is 41.6 Å². The molecule has 0 radical (unpaired) electrons. The van der Waals surface area contributed by atoms with Gasteiger partial charge in [0, 0.05) is 38.4 Å². The molecule has 0 aliphatic carbocycles. The molecule has 2 aromatic rings. The van der Waals surface area contributed by atoms with Crippen LogP contribution in [0.15, 0.2) is 42.5 Å². The first-order valence-corrected chi connectivity index (χ1v) is 9.03. The summed E-state index contributed by atoms with van der Waals surface area (Å²) < 4.78 is 15.9. The molecule has 0 bridgehead atoms. The lowest BCUT2D eigenvalue weighted by atomic mass is 10.2. The Labute approximate surface area is 158 Å². The first kappa shape index (κ1) is 17.3. The van der Waals surface area contributed by atoms with Crippen molar-refractivity contribution in [1.29, 1.82) is 0 Å². The van der Waals surface area contributed by atoms with E-state index in [1.54, 1.807) is 7.11 Å². The first-order chi connectivity index (χ1) is 13.2. The molecule has 0 aromatic heterocycles. The number of urea groups is 1. The van der Waals surface area contributed by atoms with Gasteiger partial charge in [0.2, 0.25) is 6.79 Å². The number of hydrogen-bond acceptors (Lipinski definition) is 5. The van der Waals surface area contributed by atoms with Crippen LogP contribution in [0.4, 0.5) is 10.5 Å². The molecule has 2 aliphatic rings. The van der Waals surface area contributed by atoms with Gasteiger partial charge in [-0.2, -0.15) is 0 Å². The van der Waals surface area contributed by atoms with Gasteiger partial charge >= 0.3 is 6.03 Å². The third-order valence-corrected chi connectivity index (χ3v) is 4.89. The van der Waals surface area contributed by atoms with E-state index in [1.807, 2.05) is 47.4 Å². The van der Waals surface area contributed by atoms with Crippen molar-refractivity contribution in [3.05, 3.63) is 48.0 Å². The van der Waals surface area contributed by atoms with Crippen LogP contribution in [-0.2, 0) is 6.54 Å². The molecule has 2 aromatic carbocycles. The molecule has 7 nitrogen and oxygen atoms in total. The average Bonchev–Trinajstić information content (AvgIpc) is 3.20. The first-order valence-electron chi connectivity index (χ1n) is 9.03. The van der Waals surface area contributed by atoms with Gasteiger partial charge in [-0.05, 0) is 42.0 Å². The van der Waals surface area contributed by atoms with Gasteiger partial charge in [0.05, 0.1) is 7.11 Å². The Morgan fingerprint density at radius 1 is 1.04 bits per heavy atom. The molecule has 0 unspecified atom stereocenters. The van der Waals surface area contributed by atoms with E-state index in [1.165, 1.54) is 0 Å². The molecular weight excluding hydrogens is 346 g/mol. The molecule has 2 heterocycles. The van der Waals surface area contributed by atoms with Crippen molar-refractivity contribution in [1.82, 2.24) is 10.2 Å². The van der Waals surface area contributed by atoms with Crippen LogP contribution in [0.5, 0.6) is 17.2 Å². The summed E-state index contributed by atoms with van der Waals surface area (Å²) in [6.07, 6.45) is 0. The van der Waals surface area contributed by atoms with Crippen LogP contribution in [0, 0.1) is 0 Å². The highest BCUT2D eigenvalue weighted by Crippen LogP contribution is 2.32. The molecule has 2 amide bonds. The lowest BCUT2D eigenvalue weighted by Gasteiger charge is -2.36. The minimum absolute atomic E-state index is 0.0398. The Morgan fingerprint density at radius 2 is 1.78 bits per heavy atom. The maximum absolute atomic E-state index is 12.5. The highest BCUT2D eigenvalue weighted by molar-refractivity contribution is 5.74. The number of anilines is 1. The second-order valence-electron chi connectivity index (χ2n) is 6.52. The fourth-order valence-electron chi connectivity index (χ4n) is 3.30. The molecule has 7 heteroatoms. The molecule has 1 fully saturated rings. The van der Waals surface area contributed by atoms with Gasteiger partial charge in [0.25, 0.3) is 0 Å². The fraction of sp³-hybridized carbons (Fsp3) is 0.350. The van der Waals surface area contributed by atoms with Crippen molar-refractivity contribution in [3.63, 3.8) is 0 Å². The molecule has 1 N–H and O–H groups in total. The highest BCUT2D eigenvalue weighted by atomic mass is 16.7. The Hall–Kier alpha value is -3.09. The molecule has 1 saturated heterocycles. The monoisotopic (exact) mass is 369 g/mol. The van der Waals surface area contributed by atoms with Crippen molar-refractivity contribution < 1.29 is 19.0 Å². The molecule has 0 atom stereocenters. The fourth-order valence-corrected chi connectivity index (χ4v) is 3.30. The second-order valence-corrected chi connectivity index (χ2v) is 6.52. The number of hydrogen-bond donors (Lipinski definition) is 1. The van der Waals surface area contributed by atoms with Crippen molar-refractivity contribution >= 4 is 11.7 Å². The molecule has 0 spiro atoms. The highest BCUT2D eigenvalue weighted by Gasteiger charge is 2.21. The zero-order valence-corrected chi connectivity index (χ0v) is 15.3. The summed E-state index contributed by atoms with van der Waals surface area (Å²) in [6, 6.07) is 13.7. The summed E-state index contributed by atoms with van der Waals surface area (Å²) in [7, 11) is 1.66. The number of ether oxygens (including phenoxy) is 3. The number of carbonyl (C=O) groups is 1. The minimum atomic E-state index is -0.0398. The summed E-state index contributed by atoms with van der Waals surface area (Å²) in [5.74, 6) is 2.33. The molecule has 142 valence electrons. The van der Waals surface area contributed by atoms with Crippen LogP contribution in [0.2, 0.25) is 0 Å². The Kier molecular flexibility index (Phi) is 4.91. The SMILES string of the molecule is COc1ccc(N2CCN(C(=O)NCc3ccc4c(c3)OCO4)CC2)cc1. The maximum atomic E-state index is 12.5. The summed E-state index contributed by atoms with van der Waals surface area (Å²) in [4.78, 5) is 16.6. The number of nitrogens with one attached hydrogen (secondary N) is 1. The van der Waals surface area contributed by atoms with E-state index in [-0.39, 0.29) is 12.8 Å². The van der Waals surface area contributed by atoms with Gasteiger partial charge in [-0.1, -0.05) is 6.07 Å². The number of rotatable bonds is 4. The topological polar surface area (TPSA) is 63.3 Å². The van der Waals surface area contributed by atoms with Crippen LogP contribution in [-0.4, -0.2) is 51.0 Å². The van der Waals surface area contributed by atoms with Crippen LogP contribution in [0.25, 0.3) is 0 Å². The largest absolute Gasteiger partial charge is 0.497 e. The standard InChI is InChI=1S/C20H23N3O4/c1-25-17-5-3-16(4-6-17)22-8-10-23(11-9-22)20(24)21-13-15-2-7-18-19(12-15)27-14-26-18/h2-7,12H,8-11,13-14H2,1H3,(H,21,24). The predicted molar refractivity (Wildman–Crippen MR) is 102 cm³/mol. The number of carbonyl (C=O) groups excluding carboxylic acids is 1. The van der Waals surface area contributed by atoms with E-state index in [2.05, 4.69) is 10.2 Å². The van der Waals surface area contributed by atoms with Gasteiger partial charge in [0.15, 0.2) is 11.5 Å². The zero-order valence-electron chi connectivity index (χ0n) is 15.3. The minimum Gasteiger partial charge on any atom is -0.497 e. The van der Waals surface area contributed by atoms with E-state index in [9.17, 15) is 4.79 Å². The van der Waals surface area contributed by atoms with E-state index >= 15 is 0 Å². The van der Waals surface area contributed by atoms with Crippen molar-refractivity contribution in [2.24, 2.45) is 0 Å². The average molecular weight is 369 g/mol. The summed E-state index contributed by atoms with van der Waals surface area (Å²) >= 11 is 0. The lowest BCUT2D eigenvalue weighted by molar-refractivity contribution is 0.174. The van der Waals surface area contributed by atoms with Crippen molar-refractivity contribution in [3.8, 4) is 17.2 Å². The third kappa shape index (κ3) is 3.86. The van der Waals surface area contributed by atoms with E-state index < -0.39 is 0 Å². The zero-order chi connectivity index (χ0) is 18.6. The number of methoxy groups -OCH3 is 1. The van der Waals surface area contributed by atoms with Crippen LogP contribution >= 0.6 is 0 Å². The molecule has 27 heavy (non-hydrogen) atoms. The molecular formula is C20H23N3O4. The normalized spacial score (nSPS) is 15.6. The Bertz CT molecular complexity index is 801. The number of amides is 2. The quantitative estimate of drug-likeness (QED) is 0.897. The Balaban J connectivity index is 1.27. The number of benzene rings is 2. The van der Waals surface area contributed by atoms with Gasteiger partial charge in [-0.3, -0.25) is 0 Å². The number of piperazine rings is 1. The number of fused-ring (bicyclic) bond motifs is 1. The second kappa shape index (κ2) is 7.65. The van der Waals surface area contributed by atoms with Crippen LogP contribution in [0.3, 0.4) is 0 Å². The maximum Gasteiger partial charge on any atom is 0.317 e. The predicted octanol–water partition coefficient (Wildman–Crippen LogP) is 2.46. The number of nitrogens with zero attached hydrogens (tertiary/aromatic N) is 2.